The molecule has 0 heterocycles. The summed E-state index contributed by atoms with van der Waals surface area (Å²) in [5, 5.41) is 2.00. The number of rotatable bonds is 10. The van der Waals surface area contributed by atoms with Crippen LogP contribution in [0, 0.1) is 6.92 Å². The van der Waals surface area contributed by atoms with Crippen molar-refractivity contribution in [3.63, 3.8) is 0 Å². The van der Waals surface area contributed by atoms with Gasteiger partial charge in [0.05, 0.1) is 0 Å². The summed E-state index contributed by atoms with van der Waals surface area (Å²) in [6.07, 6.45) is 0.833. The van der Waals surface area contributed by atoms with Gasteiger partial charge in [0.2, 0.25) is 0 Å². The van der Waals surface area contributed by atoms with Gasteiger partial charge in [-0.15, -0.1) is 0 Å². The molecule has 0 saturated heterocycles. The zero-order valence-corrected chi connectivity index (χ0v) is 26.4. The highest BCUT2D eigenvalue weighted by Gasteiger charge is 2.11. The van der Waals surface area contributed by atoms with Gasteiger partial charge in [0.1, 0.15) is 23.0 Å². The zero-order chi connectivity index (χ0) is 32.9. The van der Waals surface area contributed by atoms with E-state index in [-0.39, 0.29) is 11.6 Å². The fourth-order valence-electron chi connectivity index (χ4n) is 5.59. The van der Waals surface area contributed by atoms with Crippen LogP contribution in [0.3, 0.4) is 0 Å². The molecule has 0 bridgehead atoms. The van der Waals surface area contributed by atoms with Crippen LogP contribution in [-0.2, 0) is 6.42 Å². The molecule has 4 nitrogen and oxygen atoms in total. The Bertz CT molecular complexity index is 2200. The third-order valence-corrected chi connectivity index (χ3v) is 8.27. The molecule has 7 aromatic rings. The van der Waals surface area contributed by atoms with Crippen molar-refractivity contribution in [2.45, 2.75) is 13.3 Å². The van der Waals surface area contributed by atoms with E-state index in [4.69, 9.17) is 9.47 Å². The second-order valence-electron chi connectivity index (χ2n) is 11.8. The second-order valence-corrected chi connectivity index (χ2v) is 11.8. The molecule has 48 heavy (non-hydrogen) atoms. The standard InChI is InChI=1S/C44H32O4/c1-30-7-11-33(12-8-30)43(45)35-15-21-39(22-16-35)47-41-25-19-38-29-42(26-20-37(38)28-41)48-40-23-17-36(18-24-40)44(46)34-13-9-32(10-14-34)27-31-5-3-2-4-6-31/h2-26,28-29H,27H2,1H3. The summed E-state index contributed by atoms with van der Waals surface area (Å²) in [6, 6.07) is 51.8. The SMILES string of the molecule is Cc1ccc(C(=O)c2ccc(Oc3ccc4cc(Oc5ccc(C(=O)c6ccc(Cc7ccccc7)cc6)cc5)ccc4c3)cc2)cc1. The van der Waals surface area contributed by atoms with Crippen LogP contribution in [-0.4, -0.2) is 11.6 Å². The highest BCUT2D eigenvalue weighted by atomic mass is 16.5. The summed E-state index contributed by atoms with van der Waals surface area (Å²) in [5.74, 6) is 2.64. The maximum Gasteiger partial charge on any atom is 0.193 e. The fraction of sp³-hybridized carbons (Fsp3) is 0.0455. The smallest absolute Gasteiger partial charge is 0.193 e. The maximum absolute atomic E-state index is 13.1. The molecule has 7 aromatic carbocycles. The third-order valence-electron chi connectivity index (χ3n) is 8.27. The Morgan fingerprint density at radius 2 is 0.792 bits per heavy atom. The molecular formula is C44H32O4. The highest BCUT2D eigenvalue weighted by molar-refractivity contribution is 6.09. The van der Waals surface area contributed by atoms with Crippen LogP contribution in [0.2, 0.25) is 0 Å². The van der Waals surface area contributed by atoms with Gasteiger partial charge in [-0.2, -0.15) is 0 Å². The van der Waals surface area contributed by atoms with Crippen LogP contribution in [0.4, 0.5) is 0 Å². The van der Waals surface area contributed by atoms with E-state index in [1.165, 1.54) is 11.1 Å². The third kappa shape index (κ3) is 7.09. The van der Waals surface area contributed by atoms with Crippen LogP contribution in [0.15, 0.2) is 164 Å². The van der Waals surface area contributed by atoms with Crippen LogP contribution in [0.25, 0.3) is 10.8 Å². The van der Waals surface area contributed by atoms with E-state index in [1.54, 1.807) is 24.3 Å². The number of carbonyl (C=O) groups is 2. The van der Waals surface area contributed by atoms with E-state index in [0.717, 1.165) is 22.8 Å². The summed E-state index contributed by atoms with van der Waals surface area (Å²) in [6.45, 7) is 2.00. The van der Waals surface area contributed by atoms with Crippen molar-refractivity contribution >= 4 is 22.3 Å². The van der Waals surface area contributed by atoms with Gasteiger partial charge in [-0.1, -0.05) is 96.6 Å². The van der Waals surface area contributed by atoms with Gasteiger partial charge in [-0.3, -0.25) is 9.59 Å². The lowest BCUT2D eigenvalue weighted by atomic mass is 9.99. The van der Waals surface area contributed by atoms with Gasteiger partial charge in [-0.25, -0.2) is 0 Å². The first kappa shape index (κ1) is 30.4. The second kappa shape index (κ2) is 13.6. The molecular weight excluding hydrogens is 592 g/mol. The summed E-state index contributed by atoms with van der Waals surface area (Å²) < 4.78 is 12.2. The minimum Gasteiger partial charge on any atom is -0.457 e. The normalized spacial score (nSPS) is 10.9. The lowest BCUT2D eigenvalue weighted by molar-refractivity contribution is 0.103. The molecule has 0 saturated carbocycles. The van der Waals surface area contributed by atoms with Gasteiger partial charge >= 0.3 is 0 Å². The van der Waals surface area contributed by atoms with Crippen LogP contribution in [0.5, 0.6) is 23.0 Å². The molecule has 0 N–H and O–H groups in total. The van der Waals surface area contributed by atoms with Crippen molar-refractivity contribution in [2.24, 2.45) is 0 Å². The number of hydrogen-bond donors (Lipinski definition) is 0. The van der Waals surface area contributed by atoms with Crippen molar-refractivity contribution in [3.8, 4) is 23.0 Å². The lowest BCUT2D eigenvalue weighted by Crippen LogP contribution is -2.01. The quantitative estimate of drug-likeness (QED) is 0.142. The molecule has 0 fully saturated rings. The van der Waals surface area contributed by atoms with E-state index < -0.39 is 0 Å². The number of ether oxygens (including phenoxy) is 2. The van der Waals surface area contributed by atoms with Crippen molar-refractivity contribution < 1.29 is 19.1 Å². The van der Waals surface area contributed by atoms with Crippen LogP contribution < -0.4 is 9.47 Å². The van der Waals surface area contributed by atoms with E-state index in [0.29, 0.717) is 45.3 Å². The van der Waals surface area contributed by atoms with Crippen LogP contribution >= 0.6 is 0 Å². The van der Waals surface area contributed by atoms with E-state index in [9.17, 15) is 9.59 Å². The molecule has 0 amide bonds. The Balaban J connectivity index is 0.967. The molecule has 7 rings (SSSR count). The van der Waals surface area contributed by atoms with Crippen molar-refractivity contribution in [1.82, 2.24) is 0 Å². The Morgan fingerprint density at radius 3 is 1.25 bits per heavy atom. The summed E-state index contributed by atoms with van der Waals surface area (Å²) >= 11 is 0. The molecule has 0 aliphatic rings. The zero-order valence-electron chi connectivity index (χ0n) is 26.4. The first-order valence-electron chi connectivity index (χ1n) is 15.9. The van der Waals surface area contributed by atoms with Crippen molar-refractivity contribution in [3.05, 3.63) is 203 Å². The molecule has 4 heteroatoms. The lowest BCUT2D eigenvalue weighted by Gasteiger charge is -2.10. The number of aryl methyl sites for hydroxylation is 1. The highest BCUT2D eigenvalue weighted by Crippen LogP contribution is 2.30. The Hall–Kier alpha value is -6.26. The van der Waals surface area contributed by atoms with Crippen LogP contribution in [0.1, 0.15) is 48.5 Å². The predicted molar refractivity (Wildman–Crippen MR) is 191 cm³/mol. The molecule has 0 aromatic heterocycles. The van der Waals surface area contributed by atoms with E-state index in [1.807, 2.05) is 134 Å². The molecule has 0 radical (unpaired) electrons. The molecule has 0 aliphatic heterocycles. The van der Waals surface area contributed by atoms with Crippen molar-refractivity contribution in [2.75, 3.05) is 0 Å². The number of hydrogen-bond acceptors (Lipinski definition) is 4. The number of fused-ring (bicyclic) bond motifs is 1. The first-order valence-corrected chi connectivity index (χ1v) is 15.9. The van der Waals surface area contributed by atoms with Gasteiger partial charge in [0, 0.05) is 22.3 Å². The predicted octanol–water partition coefficient (Wildman–Crippen LogP) is 10.8. The Morgan fingerprint density at radius 1 is 0.417 bits per heavy atom. The number of ketones is 2. The molecule has 0 aliphatic carbocycles. The van der Waals surface area contributed by atoms with E-state index >= 15 is 0 Å². The average Bonchev–Trinajstić information content (AvgIpc) is 3.13. The molecule has 0 unspecified atom stereocenters. The maximum atomic E-state index is 13.1. The van der Waals surface area contributed by atoms with Gasteiger partial charge < -0.3 is 9.47 Å². The molecule has 0 spiro atoms. The Kier molecular flexibility index (Phi) is 8.62. The number of carbonyl (C=O) groups excluding carboxylic acids is 2. The van der Waals surface area contributed by atoms with E-state index in [2.05, 4.69) is 12.1 Å². The van der Waals surface area contributed by atoms with Gasteiger partial charge in [-0.05, 0) is 108 Å². The molecule has 232 valence electrons. The Labute approximate surface area is 279 Å². The topological polar surface area (TPSA) is 52.6 Å². The summed E-state index contributed by atoms with van der Waals surface area (Å²) in [4.78, 5) is 25.9. The monoisotopic (exact) mass is 624 g/mol. The summed E-state index contributed by atoms with van der Waals surface area (Å²) in [7, 11) is 0. The average molecular weight is 625 g/mol. The van der Waals surface area contributed by atoms with Gasteiger partial charge in [0.25, 0.3) is 0 Å². The summed E-state index contributed by atoms with van der Waals surface area (Å²) in [5.41, 5.74) is 6.06. The minimum atomic E-state index is -0.0248. The molecule has 0 atom stereocenters. The van der Waals surface area contributed by atoms with Crippen molar-refractivity contribution in [1.29, 1.82) is 0 Å². The van der Waals surface area contributed by atoms with Gasteiger partial charge in [0.15, 0.2) is 11.6 Å². The minimum absolute atomic E-state index is 0.0183. The first-order chi connectivity index (χ1) is 23.5. The number of benzene rings is 7. The fourth-order valence-corrected chi connectivity index (χ4v) is 5.59. The largest absolute Gasteiger partial charge is 0.457 e.